The Morgan fingerprint density at radius 3 is 2.79 bits per heavy atom. The minimum absolute atomic E-state index is 0.146. The molecule has 0 amide bonds. The van der Waals surface area contributed by atoms with Crippen molar-refractivity contribution in [1.29, 1.82) is 0 Å². The molecule has 3 nitrogen and oxygen atoms in total. The molecule has 0 saturated carbocycles. The zero-order chi connectivity index (χ0) is 10.6. The van der Waals surface area contributed by atoms with Gasteiger partial charge in [-0.3, -0.25) is 0 Å². The van der Waals surface area contributed by atoms with Gasteiger partial charge in [0.15, 0.2) is 9.84 Å². The van der Waals surface area contributed by atoms with Crippen LogP contribution in [-0.2, 0) is 9.84 Å². The molecule has 1 heterocycles. The molecule has 1 aliphatic rings. The molecule has 0 bridgehead atoms. The number of hydrogen-bond acceptors (Lipinski definition) is 3. The molecule has 82 valence electrons. The maximum Gasteiger partial charge on any atom is 0.154 e. The van der Waals surface area contributed by atoms with Crippen molar-refractivity contribution in [3.63, 3.8) is 0 Å². The Labute approximate surface area is 86.5 Å². The molecule has 0 aromatic carbocycles. The lowest BCUT2D eigenvalue weighted by atomic mass is 10.2. The number of hydrogen-bond donors (Lipinski definition) is 1. The Balaban J connectivity index is 2.22. The largest absolute Gasteiger partial charge is 0.315 e. The Kier molecular flexibility index (Phi) is 4.13. The number of sulfone groups is 1. The number of rotatable bonds is 5. The van der Waals surface area contributed by atoms with Crippen LogP contribution in [0.5, 0.6) is 0 Å². The van der Waals surface area contributed by atoms with Crippen molar-refractivity contribution in [2.45, 2.75) is 31.4 Å². The molecule has 0 aliphatic carbocycles. The first kappa shape index (κ1) is 11.7. The van der Waals surface area contributed by atoms with Crippen LogP contribution < -0.4 is 5.32 Å². The van der Waals surface area contributed by atoms with Gasteiger partial charge in [0.1, 0.15) is 0 Å². The van der Waals surface area contributed by atoms with Crippen molar-refractivity contribution in [2.24, 2.45) is 0 Å². The molecule has 0 aromatic heterocycles. The van der Waals surface area contributed by atoms with Crippen molar-refractivity contribution in [1.82, 2.24) is 5.32 Å². The van der Waals surface area contributed by atoms with Crippen LogP contribution in [0.15, 0.2) is 12.2 Å². The maximum atomic E-state index is 11.4. The number of nitrogens with one attached hydrogen (secondary N) is 1. The molecule has 4 heteroatoms. The normalized spacial score (nSPS) is 25.1. The highest BCUT2D eigenvalue weighted by Gasteiger charge is 2.30. The minimum Gasteiger partial charge on any atom is -0.315 e. The molecule has 0 spiro atoms. The van der Waals surface area contributed by atoms with Gasteiger partial charge in [-0.15, -0.1) is 6.58 Å². The summed E-state index contributed by atoms with van der Waals surface area (Å²) >= 11 is 0. The first-order valence-electron chi connectivity index (χ1n) is 5.09. The third kappa shape index (κ3) is 3.42. The van der Waals surface area contributed by atoms with Gasteiger partial charge in [0.05, 0.1) is 11.0 Å². The van der Waals surface area contributed by atoms with Gasteiger partial charge < -0.3 is 5.32 Å². The lowest BCUT2D eigenvalue weighted by molar-refractivity contribution is 0.574. The molecule has 0 aromatic rings. The smallest absolute Gasteiger partial charge is 0.154 e. The fourth-order valence-corrected chi connectivity index (χ4v) is 3.45. The summed E-state index contributed by atoms with van der Waals surface area (Å²) in [5.41, 5.74) is 1.13. The van der Waals surface area contributed by atoms with Gasteiger partial charge in [-0.05, 0) is 32.7 Å². The summed E-state index contributed by atoms with van der Waals surface area (Å²) in [6.45, 7) is 7.22. The molecule has 1 N–H and O–H groups in total. The van der Waals surface area contributed by atoms with Gasteiger partial charge >= 0.3 is 0 Å². The standard InChI is InChI=1S/C10H19NO2S/c1-9(2)5-6-11-8-10-4-3-7-14(10,12)13/h10-11H,1,3-8H2,2H3. The summed E-state index contributed by atoms with van der Waals surface area (Å²) in [6.07, 6.45) is 2.57. The molecule has 14 heavy (non-hydrogen) atoms. The highest BCUT2D eigenvalue weighted by Crippen LogP contribution is 2.18. The Morgan fingerprint density at radius 2 is 2.29 bits per heavy atom. The summed E-state index contributed by atoms with van der Waals surface area (Å²) in [5.74, 6) is 0.375. The lowest BCUT2D eigenvalue weighted by Crippen LogP contribution is -2.31. The summed E-state index contributed by atoms with van der Waals surface area (Å²) in [7, 11) is -2.77. The Morgan fingerprint density at radius 1 is 1.57 bits per heavy atom. The van der Waals surface area contributed by atoms with Crippen molar-refractivity contribution < 1.29 is 8.42 Å². The summed E-state index contributed by atoms with van der Waals surface area (Å²) in [4.78, 5) is 0. The van der Waals surface area contributed by atoms with Crippen LogP contribution in [0.2, 0.25) is 0 Å². The second kappa shape index (κ2) is 4.94. The van der Waals surface area contributed by atoms with Crippen LogP contribution in [0.25, 0.3) is 0 Å². The van der Waals surface area contributed by atoms with E-state index in [-0.39, 0.29) is 5.25 Å². The second-order valence-electron chi connectivity index (χ2n) is 4.04. The zero-order valence-electron chi connectivity index (χ0n) is 8.75. The predicted molar refractivity (Wildman–Crippen MR) is 59.1 cm³/mol. The van der Waals surface area contributed by atoms with Gasteiger partial charge in [-0.1, -0.05) is 5.57 Å². The van der Waals surface area contributed by atoms with Crippen molar-refractivity contribution in [2.75, 3.05) is 18.8 Å². The predicted octanol–water partition coefficient (Wildman–Crippen LogP) is 1.12. The topological polar surface area (TPSA) is 46.2 Å². The third-order valence-corrected chi connectivity index (χ3v) is 4.84. The van der Waals surface area contributed by atoms with Crippen molar-refractivity contribution in [3.05, 3.63) is 12.2 Å². The van der Waals surface area contributed by atoms with Crippen LogP contribution in [0, 0.1) is 0 Å². The van der Waals surface area contributed by atoms with E-state index in [1.807, 2.05) is 6.92 Å². The molecule has 1 rings (SSSR count). The molecular formula is C10H19NO2S. The highest BCUT2D eigenvalue weighted by atomic mass is 32.2. The molecule has 0 radical (unpaired) electrons. The summed E-state index contributed by atoms with van der Waals surface area (Å²) in [6, 6.07) is 0. The zero-order valence-corrected chi connectivity index (χ0v) is 9.57. The van der Waals surface area contributed by atoms with Crippen LogP contribution in [0.3, 0.4) is 0 Å². The van der Waals surface area contributed by atoms with Gasteiger partial charge in [-0.2, -0.15) is 0 Å². The first-order chi connectivity index (χ1) is 6.52. The molecule has 1 aliphatic heterocycles. The van der Waals surface area contributed by atoms with E-state index in [0.29, 0.717) is 12.3 Å². The SMILES string of the molecule is C=C(C)CCNCC1CCCS1(=O)=O. The minimum atomic E-state index is -2.77. The van der Waals surface area contributed by atoms with E-state index >= 15 is 0 Å². The molecular weight excluding hydrogens is 198 g/mol. The Hall–Kier alpha value is -0.350. The Bertz CT molecular complexity index is 295. The van der Waals surface area contributed by atoms with E-state index in [9.17, 15) is 8.42 Å². The first-order valence-corrected chi connectivity index (χ1v) is 6.80. The second-order valence-corrected chi connectivity index (χ2v) is 6.44. The maximum absolute atomic E-state index is 11.4. The third-order valence-electron chi connectivity index (χ3n) is 2.56. The quantitative estimate of drug-likeness (QED) is 0.554. The van der Waals surface area contributed by atoms with Crippen LogP contribution in [-0.4, -0.2) is 32.5 Å². The fourth-order valence-electron chi connectivity index (χ4n) is 1.65. The van der Waals surface area contributed by atoms with E-state index < -0.39 is 9.84 Å². The van der Waals surface area contributed by atoms with Crippen molar-refractivity contribution in [3.8, 4) is 0 Å². The molecule has 1 atom stereocenters. The monoisotopic (exact) mass is 217 g/mol. The average Bonchev–Trinajstić information content (AvgIpc) is 2.39. The van der Waals surface area contributed by atoms with Crippen LogP contribution in [0.4, 0.5) is 0 Å². The van der Waals surface area contributed by atoms with E-state index in [2.05, 4.69) is 11.9 Å². The molecule has 1 fully saturated rings. The average molecular weight is 217 g/mol. The van der Waals surface area contributed by atoms with Gasteiger partial charge in [0.2, 0.25) is 0 Å². The van der Waals surface area contributed by atoms with E-state index in [0.717, 1.165) is 31.4 Å². The summed E-state index contributed by atoms with van der Waals surface area (Å²) in [5, 5.41) is 3.03. The van der Waals surface area contributed by atoms with Gasteiger partial charge in [-0.25, -0.2) is 8.42 Å². The molecule has 1 saturated heterocycles. The molecule has 1 unspecified atom stereocenters. The van der Waals surface area contributed by atoms with E-state index in [1.165, 1.54) is 0 Å². The highest BCUT2D eigenvalue weighted by molar-refractivity contribution is 7.92. The van der Waals surface area contributed by atoms with Crippen LogP contribution >= 0.6 is 0 Å². The lowest BCUT2D eigenvalue weighted by Gasteiger charge is -2.10. The van der Waals surface area contributed by atoms with Crippen LogP contribution in [0.1, 0.15) is 26.2 Å². The van der Waals surface area contributed by atoms with Gasteiger partial charge in [0, 0.05) is 6.54 Å². The van der Waals surface area contributed by atoms with E-state index in [4.69, 9.17) is 0 Å². The fraction of sp³-hybridized carbons (Fsp3) is 0.800. The summed E-state index contributed by atoms with van der Waals surface area (Å²) < 4.78 is 22.9. The van der Waals surface area contributed by atoms with Crippen molar-refractivity contribution >= 4 is 9.84 Å². The van der Waals surface area contributed by atoms with E-state index in [1.54, 1.807) is 0 Å². The van der Waals surface area contributed by atoms with Gasteiger partial charge in [0.25, 0.3) is 0 Å².